The van der Waals surface area contributed by atoms with Gasteiger partial charge in [0.1, 0.15) is 0 Å². The lowest BCUT2D eigenvalue weighted by atomic mass is 9.99. The number of allylic oxidation sites excluding steroid dienone is 2. The first-order chi connectivity index (χ1) is 14.0. The first-order valence-corrected chi connectivity index (χ1v) is 12.8. The average molecular weight is 409 g/mol. The quantitative estimate of drug-likeness (QED) is 0.114. The van der Waals surface area contributed by atoms with E-state index in [1.165, 1.54) is 96.3 Å². The largest absolute Gasteiger partial charge is 0.465 e. The summed E-state index contributed by atoms with van der Waals surface area (Å²) in [5, 5.41) is 0. The lowest BCUT2D eigenvalue weighted by molar-refractivity contribution is -0.146. The molecule has 0 aliphatic rings. The second-order valence-corrected chi connectivity index (χ2v) is 9.97. The normalized spacial score (nSPS) is 12.0. The number of carbonyl (C=O) groups is 1. The Balaban J connectivity index is 3.20. The molecule has 0 aliphatic heterocycles. The van der Waals surface area contributed by atoms with Crippen LogP contribution in [0.15, 0.2) is 12.2 Å². The van der Waals surface area contributed by atoms with E-state index in [0.29, 0.717) is 13.0 Å². The highest BCUT2D eigenvalue weighted by molar-refractivity contribution is 5.69. The summed E-state index contributed by atoms with van der Waals surface area (Å²) in [5.74, 6) is -0.0269. The van der Waals surface area contributed by atoms with Crippen LogP contribution < -0.4 is 0 Å². The molecule has 0 heterocycles. The molecule has 0 radical (unpaired) electrons. The maximum absolute atomic E-state index is 11.6. The second-order valence-electron chi connectivity index (χ2n) is 9.97. The molecular weight excluding hydrogens is 356 g/mol. The first kappa shape index (κ1) is 28.2. The third kappa shape index (κ3) is 25.2. The highest BCUT2D eigenvalue weighted by Gasteiger charge is 2.13. The standard InChI is InChI=1S/C27H52O2/c1-5-6-7-8-9-10-11-12-13-14-15-16-17-18-19-20-21-22-23-24-26(28)29-25-27(2,3)4/h12-13H,5-11,14-25H2,1-4H3/b13-12-. The molecule has 0 aromatic heterocycles. The van der Waals surface area contributed by atoms with Crippen LogP contribution >= 0.6 is 0 Å². The summed E-state index contributed by atoms with van der Waals surface area (Å²) in [7, 11) is 0. The van der Waals surface area contributed by atoms with Crippen molar-refractivity contribution in [3.63, 3.8) is 0 Å². The van der Waals surface area contributed by atoms with Gasteiger partial charge in [0.05, 0.1) is 6.61 Å². The number of unbranched alkanes of at least 4 members (excludes halogenated alkanes) is 15. The van der Waals surface area contributed by atoms with Crippen molar-refractivity contribution in [2.75, 3.05) is 6.61 Å². The number of rotatable bonds is 20. The first-order valence-electron chi connectivity index (χ1n) is 12.8. The molecule has 0 unspecified atom stereocenters. The summed E-state index contributed by atoms with van der Waals surface area (Å²) in [6.07, 6.45) is 27.8. The van der Waals surface area contributed by atoms with Gasteiger partial charge in [0.15, 0.2) is 0 Å². The topological polar surface area (TPSA) is 26.3 Å². The van der Waals surface area contributed by atoms with Crippen molar-refractivity contribution < 1.29 is 9.53 Å². The number of ether oxygens (including phenoxy) is 1. The van der Waals surface area contributed by atoms with E-state index in [-0.39, 0.29) is 11.4 Å². The predicted octanol–water partition coefficient (Wildman–Crippen LogP) is 9.17. The van der Waals surface area contributed by atoms with Crippen molar-refractivity contribution in [1.29, 1.82) is 0 Å². The number of hydrogen-bond donors (Lipinski definition) is 0. The van der Waals surface area contributed by atoms with Gasteiger partial charge in [0.25, 0.3) is 0 Å². The van der Waals surface area contributed by atoms with Crippen LogP contribution in [-0.4, -0.2) is 12.6 Å². The lowest BCUT2D eigenvalue weighted by Gasteiger charge is -2.17. The molecule has 0 amide bonds. The molecule has 172 valence electrons. The molecule has 0 aromatic rings. The Morgan fingerprint density at radius 3 is 1.52 bits per heavy atom. The molecule has 2 nitrogen and oxygen atoms in total. The highest BCUT2D eigenvalue weighted by atomic mass is 16.5. The molecule has 0 aliphatic carbocycles. The molecule has 0 fully saturated rings. The zero-order chi connectivity index (χ0) is 21.6. The van der Waals surface area contributed by atoms with Crippen molar-refractivity contribution in [2.45, 2.75) is 143 Å². The second kappa shape index (κ2) is 20.5. The zero-order valence-corrected chi connectivity index (χ0v) is 20.4. The van der Waals surface area contributed by atoms with Crippen molar-refractivity contribution in [3.05, 3.63) is 12.2 Å². The van der Waals surface area contributed by atoms with E-state index >= 15 is 0 Å². The van der Waals surface area contributed by atoms with Gasteiger partial charge in [-0.15, -0.1) is 0 Å². The molecule has 2 heteroatoms. The van der Waals surface area contributed by atoms with Crippen molar-refractivity contribution in [1.82, 2.24) is 0 Å². The maximum atomic E-state index is 11.6. The van der Waals surface area contributed by atoms with Gasteiger partial charge in [-0.1, -0.05) is 117 Å². The van der Waals surface area contributed by atoms with Gasteiger partial charge in [-0.3, -0.25) is 4.79 Å². The van der Waals surface area contributed by atoms with Crippen LogP contribution in [0.2, 0.25) is 0 Å². The SMILES string of the molecule is CCCCCCCC/C=C\CCCCCCCCCCCC(=O)OCC(C)(C)C. The Morgan fingerprint density at radius 2 is 1.07 bits per heavy atom. The summed E-state index contributed by atoms with van der Waals surface area (Å²) < 4.78 is 5.30. The molecule has 0 saturated carbocycles. The Kier molecular flexibility index (Phi) is 19.9. The van der Waals surface area contributed by atoms with E-state index in [1.54, 1.807) is 0 Å². The van der Waals surface area contributed by atoms with E-state index in [1.807, 2.05) is 0 Å². The van der Waals surface area contributed by atoms with Gasteiger partial charge in [-0.05, 0) is 37.5 Å². The molecule has 0 saturated heterocycles. The highest BCUT2D eigenvalue weighted by Crippen LogP contribution is 2.15. The minimum absolute atomic E-state index is 0.0269. The molecule has 0 bridgehead atoms. The Hall–Kier alpha value is -0.790. The number of esters is 1. The minimum Gasteiger partial charge on any atom is -0.465 e. The minimum atomic E-state index is -0.0269. The van der Waals surface area contributed by atoms with Gasteiger partial charge in [0, 0.05) is 6.42 Å². The summed E-state index contributed by atoms with van der Waals surface area (Å²) in [6.45, 7) is 9.08. The third-order valence-electron chi connectivity index (χ3n) is 5.31. The van der Waals surface area contributed by atoms with Crippen LogP contribution in [-0.2, 0) is 9.53 Å². The molecule has 29 heavy (non-hydrogen) atoms. The molecule has 0 rings (SSSR count). The van der Waals surface area contributed by atoms with E-state index in [4.69, 9.17) is 4.74 Å². The molecule has 0 atom stereocenters. The molecule has 0 N–H and O–H groups in total. The Labute approximate surface area is 183 Å². The maximum Gasteiger partial charge on any atom is 0.305 e. The summed E-state index contributed by atoms with van der Waals surface area (Å²) in [6, 6.07) is 0. The third-order valence-corrected chi connectivity index (χ3v) is 5.31. The van der Waals surface area contributed by atoms with E-state index < -0.39 is 0 Å². The van der Waals surface area contributed by atoms with Gasteiger partial charge in [-0.2, -0.15) is 0 Å². The summed E-state index contributed by atoms with van der Waals surface area (Å²) >= 11 is 0. The van der Waals surface area contributed by atoms with Gasteiger partial charge in [0.2, 0.25) is 0 Å². The molecule has 0 spiro atoms. The van der Waals surface area contributed by atoms with Crippen molar-refractivity contribution >= 4 is 5.97 Å². The lowest BCUT2D eigenvalue weighted by Crippen LogP contribution is -2.18. The van der Waals surface area contributed by atoms with Crippen LogP contribution in [0.5, 0.6) is 0 Å². The monoisotopic (exact) mass is 408 g/mol. The van der Waals surface area contributed by atoms with Crippen LogP contribution in [0.25, 0.3) is 0 Å². The molecule has 0 aromatic carbocycles. The van der Waals surface area contributed by atoms with Crippen LogP contribution in [0.4, 0.5) is 0 Å². The Bertz CT molecular complexity index is 378. The van der Waals surface area contributed by atoms with Crippen LogP contribution in [0, 0.1) is 5.41 Å². The molecular formula is C27H52O2. The Morgan fingerprint density at radius 1 is 0.655 bits per heavy atom. The number of carbonyl (C=O) groups excluding carboxylic acids is 1. The fourth-order valence-electron chi connectivity index (χ4n) is 3.42. The van der Waals surface area contributed by atoms with Gasteiger partial charge >= 0.3 is 5.97 Å². The van der Waals surface area contributed by atoms with E-state index in [9.17, 15) is 4.79 Å². The average Bonchev–Trinajstić information content (AvgIpc) is 2.67. The fourth-order valence-corrected chi connectivity index (χ4v) is 3.42. The van der Waals surface area contributed by atoms with Gasteiger partial charge in [-0.25, -0.2) is 0 Å². The fraction of sp³-hybridized carbons (Fsp3) is 0.889. The predicted molar refractivity (Wildman–Crippen MR) is 128 cm³/mol. The van der Waals surface area contributed by atoms with E-state index in [2.05, 4.69) is 39.8 Å². The summed E-state index contributed by atoms with van der Waals surface area (Å²) in [5.41, 5.74) is 0.0689. The number of hydrogen-bond acceptors (Lipinski definition) is 2. The summed E-state index contributed by atoms with van der Waals surface area (Å²) in [4.78, 5) is 11.6. The zero-order valence-electron chi connectivity index (χ0n) is 20.4. The van der Waals surface area contributed by atoms with Gasteiger partial charge < -0.3 is 4.74 Å². The van der Waals surface area contributed by atoms with Crippen LogP contribution in [0.1, 0.15) is 143 Å². The van der Waals surface area contributed by atoms with Crippen LogP contribution in [0.3, 0.4) is 0 Å². The van der Waals surface area contributed by atoms with Crippen molar-refractivity contribution in [2.24, 2.45) is 5.41 Å². The smallest absolute Gasteiger partial charge is 0.305 e. The van der Waals surface area contributed by atoms with Crippen molar-refractivity contribution in [3.8, 4) is 0 Å². The van der Waals surface area contributed by atoms with E-state index in [0.717, 1.165) is 12.8 Å².